The number of hydrogen-bond donors (Lipinski definition) is 1. The molecule has 0 saturated heterocycles. The molecular weight excluding hydrogens is 352 g/mol. The summed E-state index contributed by atoms with van der Waals surface area (Å²) in [6.45, 7) is 2.54. The molecule has 1 heterocycles. The third-order valence-corrected chi connectivity index (χ3v) is 4.93. The fourth-order valence-electron chi connectivity index (χ4n) is 3.34. The maximum atomic E-state index is 12.6. The van der Waals surface area contributed by atoms with Gasteiger partial charge < -0.3 is 19.7 Å². The van der Waals surface area contributed by atoms with Crippen LogP contribution in [-0.4, -0.2) is 44.7 Å². The maximum Gasteiger partial charge on any atom is 0.230 e. The van der Waals surface area contributed by atoms with E-state index in [2.05, 4.69) is 29.6 Å². The Balaban J connectivity index is 1.48. The SMILES string of the molecule is COc1cc2c(cc1OC)CC(=O)N(CCCNCCc1ccccc1)C=C2. The number of hydrogen-bond acceptors (Lipinski definition) is 4. The monoisotopic (exact) mass is 380 g/mol. The van der Waals surface area contributed by atoms with Gasteiger partial charge in [0.05, 0.1) is 20.6 Å². The Morgan fingerprint density at radius 2 is 1.79 bits per heavy atom. The highest BCUT2D eigenvalue weighted by molar-refractivity contribution is 5.84. The fraction of sp³-hybridized carbons (Fsp3) is 0.348. The van der Waals surface area contributed by atoms with E-state index in [1.165, 1.54) is 5.56 Å². The molecule has 1 amide bonds. The van der Waals surface area contributed by atoms with Gasteiger partial charge in [-0.05, 0) is 60.8 Å². The molecule has 3 rings (SSSR count). The number of ether oxygens (including phenoxy) is 2. The smallest absolute Gasteiger partial charge is 0.230 e. The van der Waals surface area contributed by atoms with Gasteiger partial charge in [-0.3, -0.25) is 4.79 Å². The lowest BCUT2D eigenvalue weighted by molar-refractivity contribution is -0.127. The molecule has 1 aliphatic rings. The minimum Gasteiger partial charge on any atom is -0.493 e. The molecule has 148 valence electrons. The summed E-state index contributed by atoms with van der Waals surface area (Å²) >= 11 is 0. The minimum atomic E-state index is 0.103. The van der Waals surface area contributed by atoms with Crippen molar-refractivity contribution in [1.29, 1.82) is 0 Å². The lowest BCUT2D eigenvalue weighted by Gasteiger charge is -2.17. The van der Waals surface area contributed by atoms with E-state index in [4.69, 9.17) is 9.47 Å². The van der Waals surface area contributed by atoms with E-state index >= 15 is 0 Å². The molecule has 0 radical (unpaired) electrons. The topological polar surface area (TPSA) is 50.8 Å². The third kappa shape index (κ3) is 5.14. The number of rotatable bonds is 9. The van der Waals surface area contributed by atoms with E-state index in [0.717, 1.165) is 37.1 Å². The van der Waals surface area contributed by atoms with Crippen LogP contribution in [0.3, 0.4) is 0 Å². The summed E-state index contributed by atoms with van der Waals surface area (Å²) in [7, 11) is 3.22. The van der Waals surface area contributed by atoms with Crippen molar-refractivity contribution < 1.29 is 14.3 Å². The van der Waals surface area contributed by atoms with Crippen molar-refractivity contribution >= 4 is 12.0 Å². The van der Waals surface area contributed by atoms with Crippen molar-refractivity contribution in [3.8, 4) is 11.5 Å². The molecule has 0 fully saturated rings. The first-order chi connectivity index (χ1) is 13.7. The molecule has 1 N–H and O–H groups in total. The quantitative estimate of drug-likeness (QED) is 0.679. The molecule has 2 aromatic rings. The Morgan fingerprint density at radius 1 is 1.04 bits per heavy atom. The van der Waals surface area contributed by atoms with Crippen LogP contribution < -0.4 is 14.8 Å². The van der Waals surface area contributed by atoms with Gasteiger partial charge >= 0.3 is 0 Å². The van der Waals surface area contributed by atoms with Crippen LogP contribution in [0.25, 0.3) is 6.08 Å². The van der Waals surface area contributed by atoms with Gasteiger partial charge in [0.25, 0.3) is 0 Å². The summed E-state index contributed by atoms with van der Waals surface area (Å²) < 4.78 is 10.7. The highest BCUT2D eigenvalue weighted by Gasteiger charge is 2.19. The Kier molecular flexibility index (Phi) is 7.09. The molecule has 0 spiro atoms. The van der Waals surface area contributed by atoms with Crippen LogP contribution in [0.15, 0.2) is 48.7 Å². The molecular formula is C23H28N2O3. The van der Waals surface area contributed by atoms with Gasteiger partial charge in [0.1, 0.15) is 0 Å². The number of nitrogens with one attached hydrogen (secondary N) is 1. The largest absolute Gasteiger partial charge is 0.493 e. The van der Waals surface area contributed by atoms with Crippen molar-refractivity contribution in [2.75, 3.05) is 33.9 Å². The second kappa shape index (κ2) is 9.95. The van der Waals surface area contributed by atoms with Crippen LogP contribution in [0.1, 0.15) is 23.1 Å². The Labute approximate surface area is 167 Å². The van der Waals surface area contributed by atoms with Crippen molar-refractivity contribution in [3.63, 3.8) is 0 Å². The second-order valence-electron chi connectivity index (χ2n) is 6.82. The summed E-state index contributed by atoms with van der Waals surface area (Å²) in [5, 5.41) is 3.46. The van der Waals surface area contributed by atoms with Crippen LogP contribution in [0.2, 0.25) is 0 Å². The molecule has 5 heteroatoms. The molecule has 2 aromatic carbocycles. The minimum absolute atomic E-state index is 0.103. The molecule has 0 aromatic heterocycles. The lowest BCUT2D eigenvalue weighted by atomic mass is 10.0. The number of carbonyl (C=O) groups is 1. The molecule has 0 bridgehead atoms. The molecule has 5 nitrogen and oxygen atoms in total. The van der Waals surface area contributed by atoms with E-state index in [-0.39, 0.29) is 5.91 Å². The Hall–Kier alpha value is -2.79. The van der Waals surface area contributed by atoms with E-state index in [1.807, 2.05) is 30.5 Å². The van der Waals surface area contributed by atoms with Gasteiger partial charge in [0, 0.05) is 12.7 Å². The molecule has 28 heavy (non-hydrogen) atoms. The van der Waals surface area contributed by atoms with E-state index in [9.17, 15) is 4.79 Å². The van der Waals surface area contributed by atoms with Crippen LogP contribution in [0.5, 0.6) is 11.5 Å². The van der Waals surface area contributed by atoms with E-state index in [1.54, 1.807) is 19.1 Å². The highest BCUT2D eigenvalue weighted by Crippen LogP contribution is 2.32. The second-order valence-corrected chi connectivity index (χ2v) is 6.82. The predicted octanol–water partition coefficient (Wildman–Crippen LogP) is 3.28. The molecule has 0 aliphatic carbocycles. The van der Waals surface area contributed by atoms with Gasteiger partial charge in [-0.25, -0.2) is 0 Å². The van der Waals surface area contributed by atoms with Crippen molar-refractivity contribution in [3.05, 3.63) is 65.4 Å². The molecule has 0 unspecified atom stereocenters. The van der Waals surface area contributed by atoms with E-state index in [0.29, 0.717) is 24.5 Å². The first kappa shape index (κ1) is 20.0. The van der Waals surface area contributed by atoms with Gasteiger partial charge in [0.15, 0.2) is 11.5 Å². The molecule has 0 saturated carbocycles. The fourth-order valence-corrected chi connectivity index (χ4v) is 3.34. The van der Waals surface area contributed by atoms with Crippen molar-refractivity contribution in [2.24, 2.45) is 0 Å². The number of amides is 1. The lowest BCUT2D eigenvalue weighted by Crippen LogP contribution is -2.30. The number of methoxy groups -OCH3 is 2. The average molecular weight is 380 g/mol. The average Bonchev–Trinajstić information content (AvgIpc) is 2.88. The van der Waals surface area contributed by atoms with Crippen LogP contribution in [0, 0.1) is 0 Å². The zero-order chi connectivity index (χ0) is 19.8. The number of carbonyl (C=O) groups excluding carboxylic acids is 1. The number of fused-ring (bicyclic) bond motifs is 1. The number of benzene rings is 2. The summed E-state index contributed by atoms with van der Waals surface area (Å²) in [6.07, 6.45) is 6.15. The molecule has 0 atom stereocenters. The third-order valence-electron chi connectivity index (χ3n) is 4.93. The van der Waals surface area contributed by atoms with Crippen LogP contribution in [-0.2, 0) is 17.6 Å². The van der Waals surface area contributed by atoms with Crippen LogP contribution in [0.4, 0.5) is 0 Å². The predicted molar refractivity (Wildman–Crippen MR) is 112 cm³/mol. The maximum absolute atomic E-state index is 12.6. The Morgan fingerprint density at radius 3 is 2.54 bits per heavy atom. The highest BCUT2D eigenvalue weighted by atomic mass is 16.5. The first-order valence-electron chi connectivity index (χ1n) is 9.68. The summed E-state index contributed by atoms with van der Waals surface area (Å²) in [5.74, 6) is 1.43. The molecule has 1 aliphatic heterocycles. The van der Waals surface area contributed by atoms with E-state index < -0.39 is 0 Å². The first-order valence-corrected chi connectivity index (χ1v) is 9.68. The van der Waals surface area contributed by atoms with Gasteiger partial charge in [-0.15, -0.1) is 0 Å². The van der Waals surface area contributed by atoms with Gasteiger partial charge in [-0.1, -0.05) is 30.3 Å². The van der Waals surface area contributed by atoms with Crippen molar-refractivity contribution in [1.82, 2.24) is 10.2 Å². The summed E-state index contributed by atoms with van der Waals surface area (Å²) in [5.41, 5.74) is 3.29. The van der Waals surface area contributed by atoms with Gasteiger partial charge in [-0.2, -0.15) is 0 Å². The standard InChI is InChI=1S/C23H28N2O3/c1-27-21-15-19-10-14-25(23(26)17-20(19)16-22(21)28-2)13-6-11-24-12-9-18-7-4-3-5-8-18/h3-5,7-8,10,14-16,24H,6,9,11-13,17H2,1-2H3. The van der Waals surface area contributed by atoms with Crippen LogP contribution >= 0.6 is 0 Å². The zero-order valence-electron chi connectivity index (χ0n) is 16.6. The Bertz CT molecular complexity index is 818. The van der Waals surface area contributed by atoms with Crippen molar-refractivity contribution in [2.45, 2.75) is 19.3 Å². The summed E-state index contributed by atoms with van der Waals surface area (Å²) in [4.78, 5) is 14.4. The summed E-state index contributed by atoms with van der Waals surface area (Å²) in [6, 6.07) is 14.3. The normalized spacial score (nSPS) is 13.2. The zero-order valence-corrected chi connectivity index (χ0v) is 16.6. The van der Waals surface area contributed by atoms with Gasteiger partial charge in [0.2, 0.25) is 5.91 Å². The number of nitrogens with zero attached hydrogens (tertiary/aromatic N) is 1.